The lowest BCUT2D eigenvalue weighted by molar-refractivity contribution is 0.571. The Balaban J connectivity index is 2.56. The van der Waals surface area contributed by atoms with E-state index in [1.165, 1.54) is 0 Å². The first-order valence-electron chi connectivity index (χ1n) is 6.97. The molecule has 2 N–H and O–H groups in total. The zero-order valence-electron chi connectivity index (χ0n) is 12.2. The highest BCUT2D eigenvalue weighted by Gasteiger charge is 2.19. The number of nitrogen functional groups attached to an aromatic ring is 1. The molecule has 19 heavy (non-hydrogen) atoms. The van der Waals surface area contributed by atoms with Crippen LogP contribution in [0.15, 0.2) is 12.5 Å². The van der Waals surface area contributed by atoms with Crippen molar-refractivity contribution in [3.63, 3.8) is 0 Å². The van der Waals surface area contributed by atoms with Crippen LogP contribution in [-0.4, -0.2) is 19.1 Å². The summed E-state index contributed by atoms with van der Waals surface area (Å²) in [5, 5.41) is 0. The Morgan fingerprint density at radius 1 is 1.32 bits per heavy atom. The molecule has 5 nitrogen and oxygen atoms in total. The molecule has 0 fully saturated rings. The molecule has 104 valence electrons. The van der Waals surface area contributed by atoms with Crippen LogP contribution in [-0.2, 0) is 13.0 Å². The van der Waals surface area contributed by atoms with Gasteiger partial charge in [-0.2, -0.15) is 0 Å². The molecular formula is C14H23N5. The molecule has 0 aliphatic heterocycles. The van der Waals surface area contributed by atoms with Crippen LogP contribution in [0.5, 0.6) is 0 Å². The van der Waals surface area contributed by atoms with Crippen molar-refractivity contribution in [2.45, 2.75) is 53.1 Å². The van der Waals surface area contributed by atoms with Crippen LogP contribution < -0.4 is 5.73 Å². The summed E-state index contributed by atoms with van der Waals surface area (Å²) >= 11 is 0. The maximum absolute atomic E-state index is 6.31. The predicted octanol–water partition coefficient (Wildman–Crippen LogP) is 2.88. The number of anilines is 1. The van der Waals surface area contributed by atoms with Crippen LogP contribution in [0, 0.1) is 0 Å². The highest BCUT2D eigenvalue weighted by atomic mass is 15.2. The fourth-order valence-electron chi connectivity index (χ4n) is 2.43. The molecule has 0 atom stereocenters. The first-order chi connectivity index (χ1) is 9.10. The lowest BCUT2D eigenvalue weighted by atomic mass is 10.3. The molecule has 0 saturated carbocycles. The maximum Gasteiger partial charge on any atom is 0.133 e. The van der Waals surface area contributed by atoms with Crippen LogP contribution in [0.3, 0.4) is 0 Å². The summed E-state index contributed by atoms with van der Waals surface area (Å²) in [6.45, 7) is 9.39. The Kier molecular flexibility index (Phi) is 3.93. The third-order valence-corrected chi connectivity index (χ3v) is 3.31. The van der Waals surface area contributed by atoms with Crippen molar-refractivity contribution in [2.75, 3.05) is 5.73 Å². The van der Waals surface area contributed by atoms with Gasteiger partial charge in [0.25, 0.3) is 0 Å². The molecule has 0 aliphatic carbocycles. The third-order valence-electron chi connectivity index (χ3n) is 3.31. The molecular weight excluding hydrogens is 238 g/mol. The Bertz CT molecular complexity index is 550. The van der Waals surface area contributed by atoms with Gasteiger partial charge in [-0.25, -0.2) is 9.97 Å². The fourth-order valence-corrected chi connectivity index (χ4v) is 2.43. The van der Waals surface area contributed by atoms with Crippen LogP contribution in [0.2, 0.25) is 0 Å². The topological polar surface area (TPSA) is 61.7 Å². The van der Waals surface area contributed by atoms with E-state index in [-0.39, 0.29) is 0 Å². The Morgan fingerprint density at radius 3 is 2.63 bits per heavy atom. The molecule has 0 aromatic carbocycles. The van der Waals surface area contributed by atoms with Gasteiger partial charge < -0.3 is 14.9 Å². The molecule has 2 aromatic rings. The number of hydrogen-bond donors (Lipinski definition) is 1. The van der Waals surface area contributed by atoms with Crippen molar-refractivity contribution in [3.05, 3.63) is 18.3 Å². The summed E-state index contributed by atoms with van der Waals surface area (Å²) in [6, 6.07) is 0.320. The summed E-state index contributed by atoms with van der Waals surface area (Å²) in [5.74, 6) is 1.81. The summed E-state index contributed by atoms with van der Waals surface area (Å²) < 4.78 is 4.20. The van der Waals surface area contributed by atoms with Gasteiger partial charge in [0.05, 0.1) is 18.2 Å². The Hall–Kier alpha value is -1.78. The monoisotopic (exact) mass is 261 g/mol. The van der Waals surface area contributed by atoms with E-state index in [1.807, 2.05) is 12.5 Å². The van der Waals surface area contributed by atoms with Gasteiger partial charge in [-0.15, -0.1) is 0 Å². The molecule has 0 aliphatic rings. The van der Waals surface area contributed by atoms with E-state index in [9.17, 15) is 0 Å². The average Bonchev–Trinajstić information content (AvgIpc) is 2.93. The number of hydrogen-bond acceptors (Lipinski definition) is 3. The van der Waals surface area contributed by atoms with E-state index in [0.717, 1.165) is 42.4 Å². The van der Waals surface area contributed by atoms with E-state index in [4.69, 9.17) is 10.7 Å². The zero-order chi connectivity index (χ0) is 14.0. The second kappa shape index (κ2) is 5.47. The smallest absolute Gasteiger partial charge is 0.133 e. The number of nitrogens with zero attached hydrogens (tertiary/aromatic N) is 4. The highest BCUT2D eigenvalue weighted by Crippen LogP contribution is 2.29. The highest BCUT2D eigenvalue weighted by molar-refractivity contribution is 5.68. The van der Waals surface area contributed by atoms with Crippen molar-refractivity contribution in [3.8, 4) is 11.4 Å². The molecule has 5 heteroatoms. The minimum absolute atomic E-state index is 0.320. The normalized spacial score (nSPS) is 11.4. The minimum atomic E-state index is 0.320. The standard InChI is InChI=1S/C14H23N5/c1-5-7-12-17-13(14(15)19(12)10(3)4)11-8-16-9-18(11)6-2/h8-10H,5-7,15H2,1-4H3. The number of aromatic nitrogens is 4. The van der Waals surface area contributed by atoms with E-state index in [1.54, 1.807) is 0 Å². The van der Waals surface area contributed by atoms with Crippen LogP contribution in [0.4, 0.5) is 5.82 Å². The van der Waals surface area contributed by atoms with Gasteiger partial charge in [0.1, 0.15) is 17.3 Å². The summed E-state index contributed by atoms with van der Waals surface area (Å²) in [6.07, 6.45) is 5.67. The molecule has 0 radical (unpaired) electrons. The number of rotatable bonds is 5. The molecule has 0 amide bonds. The molecule has 2 heterocycles. The van der Waals surface area contributed by atoms with E-state index in [2.05, 4.69) is 41.8 Å². The predicted molar refractivity (Wildman–Crippen MR) is 77.9 cm³/mol. The van der Waals surface area contributed by atoms with Gasteiger partial charge in [0, 0.05) is 19.0 Å². The van der Waals surface area contributed by atoms with E-state index in [0.29, 0.717) is 6.04 Å². The quantitative estimate of drug-likeness (QED) is 0.900. The van der Waals surface area contributed by atoms with Gasteiger partial charge in [-0.05, 0) is 27.2 Å². The van der Waals surface area contributed by atoms with E-state index < -0.39 is 0 Å². The van der Waals surface area contributed by atoms with Crippen molar-refractivity contribution < 1.29 is 0 Å². The number of imidazole rings is 2. The lowest BCUT2D eigenvalue weighted by Gasteiger charge is -2.13. The van der Waals surface area contributed by atoms with Crippen LogP contribution in [0.1, 0.15) is 46.0 Å². The van der Waals surface area contributed by atoms with Gasteiger partial charge in [0.2, 0.25) is 0 Å². The average molecular weight is 261 g/mol. The van der Waals surface area contributed by atoms with Gasteiger partial charge >= 0.3 is 0 Å². The van der Waals surface area contributed by atoms with Gasteiger partial charge in [0.15, 0.2) is 0 Å². The molecule has 2 rings (SSSR count). The van der Waals surface area contributed by atoms with Crippen molar-refractivity contribution >= 4 is 5.82 Å². The van der Waals surface area contributed by atoms with Gasteiger partial charge in [-0.3, -0.25) is 0 Å². The first-order valence-corrected chi connectivity index (χ1v) is 6.97. The SMILES string of the molecule is CCCc1nc(-c2cncn2CC)c(N)n1C(C)C. The molecule has 0 unspecified atom stereocenters. The van der Waals surface area contributed by atoms with Crippen molar-refractivity contribution in [1.29, 1.82) is 0 Å². The van der Waals surface area contributed by atoms with Gasteiger partial charge in [-0.1, -0.05) is 6.92 Å². The second-order valence-electron chi connectivity index (χ2n) is 5.04. The number of aryl methyl sites for hydroxylation is 2. The third kappa shape index (κ3) is 2.37. The summed E-state index contributed by atoms with van der Waals surface area (Å²) in [4.78, 5) is 8.95. The lowest BCUT2D eigenvalue weighted by Crippen LogP contribution is -2.09. The molecule has 0 bridgehead atoms. The molecule has 0 saturated heterocycles. The molecule has 0 spiro atoms. The van der Waals surface area contributed by atoms with E-state index >= 15 is 0 Å². The Morgan fingerprint density at radius 2 is 2.05 bits per heavy atom. The van der Waals surface area contributed by atoms with Crippen molar-refractivity contribution in [2.24, 2.45) is 0 Å². The molecule has 2 aromatic heterocycles. The summed E-state index contributed by atoms with van der Waals surface area (Å²) in [7, 11) is 0. The fraction of sp³-hybridized carbons (Fsp3) is 0.571. The van der Waals surface area contributed by atoms with Crippen LogP contribution >= 0.6 is 0 Å². The largest absolute Gasteiger partial charge is 0.383 e. The second-order valence-corrected chi connectivity index (χ2v) is 5.04. The zero-order valence-corrected chi connectivity index (χ0v) is 12.2. The minimum Gasteiger partial charge on any atom is -0.383 e. The summed E-state index contributed by atoms with van der Waals surface area (Å²) in [5.41, 5.74) is 8.16. The maximum atomic E-state index is 6.31. The number of nitrogens with two attached hydrogens (primary N) is 1. The Labute approximate surface area is 114 Å². The van der Waals surface area contributed by atoms with Crippen molar-refractivity contribution in [1.82, 2.24) is 19.1 Å². The first kappa shape index (κ1) is 13.6. The van der Waals surface area contributed by atoms with Crippen LogP contribution in [0.25, 0.3) is 11.4 Å².